The molecule has 3 heterocycles. The topological polar surface area (TPSA) is 39.2 Å². The van der Waals surface area contributed by atoms with Crippen molar-refractivity contribution in [1.82, 2.24) is 4.98 Å². The number of fused-ring (bicyclic) bond motifs is 1. The van der Waals surface area contributed by atoms with Gasteiger partial charge in [0.05, 0.1) is 32.5 Å². The number of ether oxygens (including phenoxy) is 1. The van der Waals surface area contributed by atoms with Crippen LogP contribution < -0.4 is 0 Å². The molecule has 0 amide bonds. The first-order chi connectivity index (χ1) is 13.7. The third-order valence-electron chi connectivity index (χ3n) is 4.45. The molecule has 6 heteroatoms. The lowest BCUT2D eigenvalue weighted by atomic mass is 9.99. The van der Waals surface area contributed by atoms with Crippen molar-refractivity contribution in [2.45, 2.75) is 20.3 Å². The molecule has 28 heavy (non-hydrogen) atoms. The average Bonchev–Trinajstić information content (AvgIpc) is 3.24. The Morgan fingerprint density at radius 3 is 2.71 bits per heavy atom. The van der Waals surface area contributed by atoms with Crippen molar-refractivity contribution in [3.8, 4) is 10.6 Å². The van der Waals surface area contributed by atoms with E-state index in [-0.39, 0.29) is 5.97 Å². The monoisotopic (exact) mass is 427 g/mol. The Labute approximate surface area is 177 Å². The van der Waals surface area contributed by atoms with E-state index in [1.807, 2.05) is 24.4 Å². The molecule has 3 aromatic rings. The van der Waals surface area contributed by atoms with E-state index < -0.39 is 0 Å². The molecule has 0 N–H and O–H groups in total. The highest BCUT2D eigenvalue weighted by atomic mass is 32.2. The van der Waals surface area contributed by atoms with Crippen LogP contribution >= 0.6 is 34.9 Å². The van der Waals surface area contributed by atoms with Crippen molar-refractivity contribution >= 4 is 57.3 Å². The van der Waals surface area contributed by atoms with Gasteiger partial charge in [-0.2, -0.15) is 0 Å². The molecule has 3 nitrogen and oxygen atoms in total. The van der Waals surface area contributed by atoms with Crippen LogP contribution in [0.15, 0.2) is 46.0 Å². The number of thioether (sulfide) groups is 2. The fourth-order valence-corrected chi connectivity index (χ4v) is 6.50. The first-order valence-corrected chi connectivity index (χ1v) is 12.1. The van der Waals surface area contributed by atoms with E-state index in [4.69, 9.17) is 9.72 Å². The van der Waals surface area contributed by atoms with Crippen LogP contribution in [0.3, 0.4) is 0 Å². The van der Waals surface area contributed by atoms with Crippen LogP contribution in [0.4, 0.5) is 0 Å². The Balaban J connectivity index is 2.00. The third-order valence-corrected chi connectivity index (χ3v) is 7.96. The molecule has 0 radical (unpaired) electrons. The van der Waals surface area contributed by atoms with Crippen LogP contribution in [0.2, 0.25) is 0 Å². The molecule has 1 fully saturated rings. The first-order valence-electron chi connectivity index (χ1n) is 9.30. The summed E-state index contributed by atoms with van der Waals surface area (Å²) < 4.78 is 6.55. The summed E-state index contributed by atoms with van der Waals surface area (Å²) in [6.45, 7) is 4.29. The summed E-state index contributed by atoms with van der Waals surface area (Å²) in [5.41, 5.74) is 4.56. The second-order valence-electron chi connectivity index (χ2n) is 6.49. The summed E-state index contributed by atoms with van der Waals surface area (Å²) in [4.78, 5) is 19.0. The molecular formula is C22H21NO2S3. The Morgan fingerprint density at radius 2 is 2.00 bits per heavy atom. The predicted molar refractivity (Wildman–Crippen MR) is 123 cm³/mol. The number of carbonyl (C=O) groups excluding carboxylic acids is 1. The number of esters is 1. The number of aromatic nitrogens is 1. The Hall–Kier alpha value is -1.76. The second kappa shape index (κ2) is 8.72. The maximum atomic E-state index is 13.0. The lowest BCUT2D eigenvalue weighted by molar-refractivity contribution is -0.136. The van der Waals surface area contributed by atoms with E-state index in [1.54, 1.807) is 34.9 Å². The standard InChI is InChI=1S/C22H21NO2S3/c1-3-25-21(24)20(22-27-10-5-11-28-22)16-13-18(19-6-4-9-26-19)23-17-8-7-14(2)12-15(16)17/h4,6-9,12-13H,3,5,10-11H2,1-2H3. The van der Waals surface area contributed by atoms with Gasteiger partial charge in [0.1, 0.15) is 0 Å². The number of pyridine rings is 1. The molecule has 0 saturated carbocycles. The molecule has 4 rings (SSSR count). The number of rotatable bonds is 4. The zero-order valence-corrected chi connectivity index (χ0v) is 18.3. The number of hydrogen-bond acceptors (Lipinski definition) is 6. The van der Waals surface area contributed by atoms with Crippen molar-refractivity contribution in [2.75, 3.05) is 18.1 Å². The molecule has 1 aromatic carbocycles. The van der Waals surface area contributed by atoms with Gasteiger partial charge in [0.25, 0.3) is 0 Å². The Bertz CT molecular complexity index is 1030. The Morgan fingerprint density at radius 1 is 1.18 bits per heavy atom. The number of nitrogens with zero attached hydrogens (tertiary/aromatic N) is 1. The summed E-state index contributed by atoms with van der Waals surface area (Å²) in [7, 11) is 0. The highest BCUT2D eigenvalue weighted by molar-refractivity contribution is 8.23. The minimum Gasteiger partial charge on any atom is -0.462 e. The lowest BCUT2D eigenvalue weighted by Crippen LogP contribution is -2.10. The summed E-state index contributed by atoms with van der Waals surface area (Å²) in [6, 6.07) is 12.4. The number of aryl methyl sites for hydroxylation is 1. The molecule has 144 valence electrons. The fourth-order valence-electron chi connectivity index (χ4n) is 3.18. The maximum absolute atomic E-state index is 13.0. The van der Waals surface area contributed by atoms with Crippen LogP contribution in [-0.2, 0) is 9.53 Å². The third kappa shape index (κ3) is 4.00. The van der Waals surface area contributed by atoms with Gasteiger partial charge in [-0.05, 0) is 61.4 Å². The highest BCUT2D eigenvalue weighted by Gasteiger charge is 2.25. The quantitative estimate of drug-likeness (QED) is 0.357. The molecule has 0 aliphatic carbocycles. The fraction of sp³-hybridized carbons (Fsp3) is 0.273. The number of carbonyl (C=O) groups is 1. The average molecular weight is 428 g/mol. The smallest absolute Gasteiger partial charge is 0.340 e. The van der Waals surface area contributed by atoms with E-state index in [2.05, 4.69) is 31.2 Å². The van der Waals surface area contributed by atoms with E-state index >= 15 is 0 Å². The van der Waals surface area contributed by atoms with Crippen molar-refractivity contribution in [2.24, 2.45) is 0 Å². The number of thiophene rings is 1. The molecule has 0 atom stereocenters. The van der Waals surface area contributed by atoms with Crippen LogP contribution in [0.1, 0.15) is 24.5 Å². The van der Waals surface area contributed by atoms with Gasteiger partial charge >= 0.3 is 5.97 Å². The SMILES string of the molecule is CCOC(=O)C(=C1SCCCS1)c1cc(-c2cccs2)nc2ccc(C)cc12. The van der Waals surface area contributed by atoms with E-state index in [0.29, 0.717) is 12.2 Å². The molecular weight excluding hydrogens is 406 g/mol. The normalized spacial score (nSPS) is 14.3. The molecule has 0 unspecified atom stereocenters. The lowest BCUT2D eigenvalue weighted by Gasteiger charge is -2.19. The first kappa shape index (κ1) is 19.6. The summed E-state index contributed by atoms with van der Waals surface area (Å²) in [5, 5.41) is 3.05. The summed E-state index contributed by atoms with van der Waals surface area (Å²) >= 11 is 5.18. The van der Waals surface area contributed by atoms with Gasteiger partial charge in [-0.15, -0.1) is 34.9 Å². The van der Waals surface area contributed by atoms with Crippen LogP contribution in [0.5, 0.6) is 0 Å². The van der Waals surface area contributed by atoms with Crippen molar-refractivity contribution < 1.29 is 9.53 Å². The van der Waals surface area contributed by atoms with Crippen molar-refractivity contribution in [3.63, 3.8) is 0 Å². The van der Waals surface area contributed by atoms with Crippen LogP contribution in [0.25, 0.3) is 27.0 Å². The highest BCUT2D eigenvalue weighted by Crippen LogP contribution is 2.43. The Kier molecular flexibility index (Phi) is 6.09. The van der Waals surface area contributed by atoms with Crippen LogP contribution in [0, 0.1) is 6.92 Å². The zero-order chi connectivity index (χ0) is 19.5. The molecule has 0 bridgehead atoms. The molecule has 1 aliphatic rings. The molecule has 1 aliphatic heterocycles. The van der Waals surface area contributed by atoms with Gasteiger partial charge in [-0.3, -0.25) is 0 Å². The van der Waals surface area contributed by atoms with Gasteiger partial charge in [0.2, 0.25) is 0 Å². The summed E-state index contributed by atoms with van der Waals surface area (Å²) in [5.74, 6) is 1.82. The molecule has 0 spiro atoms. The van der Waals surface area contributed by atoms with E-state index in [9.17, 15) is 4.79 Å². The molecule has 2 aromatic heterocycles. The zero-order valence-electron chi connectivity index (χ0n) is 15.9. The van der Waals surface area contributed by atoms with Gasteiger partial charge in [0, 0.05) is 10.9 Å². The second-order valence-corrected chi connectivity index (χ2v) is 9.90. The van der Waals surface area contributed by atoms with Gasteiger partial charge in [0.15, 0.2) is 0 Å². The van der Waals surface area contributed by atoms with Crippen molar-refractivity contribution in [3.05, 3.63) is 57.1 Å². The number of hydrogen-bond donors (Lipinski definition) is 0. The largest absolute Gasteiger partial charge is 0.462 e. The van der Waals surface area contributed by atoms with Crippen molar-refractivity contribution in [1.29, 1.82) is 0 Å². The maximum Gasteiger partial charge on any atom is 0.340 e. The van der Waals surface area contributed by atoms with E-state index in [0.717, 1.165) is 54.8 Å². The molecule has 1 saturated heterocycles. The predicted octanol–water partition coefficient (Wildman–Crippen LogP) is 6.37. The minimum atomic E-state index is -0.245. The van der Waals surface area contributed by atoms with Gasteiger partial charge in [-0.25, -0.2) is 9.78 Å². The minimum absolute atomic E-state index is 0.245. The van der Waals surface area contributed by atoms with Gasteiger partial charge < -0.3 is 4.74 Å². The van der Waals surface area contributed by atoms with E-state index in [1.165, 1.54) is 0 Å². The van der Waals surface area contributed by atoms with Gasteiger partial charge in [-0.1, -0.05) is 17.7 Å². The summed E-state index contributed by atoms with van der Waals surface area (Å²) in [6.07, 6.45) is 1.16. The number of benzene rings is 1. The van der Waals surface area contributed by atoms with Crippen LogP contribution in [-0.4, -0.2) is 29.1 Å².